The van der Waals surface area contributed by atoms with Crippen molar-refractivity contribution in [1.29, 1.82) is 0 Å². The van der Waals surface area contributed by atoms with Crippen LogP contribution in [0.5, 0.6) is 0 Å². The first-order valence-electron chi connectivity index (χ1n) is 13.1. The second-order valence-electron chi connectivity index (χ2n) is 11.1. The van der Waals surface area contributed by atoms with E-state index in [-0.39, 0.29) is 13.2 Å². The van der Waals surface area contributed by atoms with Gasteiger partial charge in [-0.1, -0.05) is 57.2 Å². The van der Waals surface area contributed by atoms with Crippen molar-refractivity contribution in [1.82, 2.24) is 0 Å². The lowest BCUT2D eigenvalue weighted by Crippen LogP contribution is -2.72. The molecule has 3 aliphatic heterocycles. The van der Waals surface area contributed by atoms with E-state index in [1.807, 2.05) is 0 Å². The smallest absolute Gasteiger partial charge is 0.394 e. The lowest BCUT2D eigenvalue weighted by atomic mass is 9.76. The Kier molecular flexibility index (Phi) is 9.92. The highest BCUT2D eigenvalue weighted by atomic mass is 32.3. The molecule has 3 fully saturated rings. The summed E-state index contributed by atoms with van der Waals surface area (Å²) in [6.07, 6.45) is -13.4. The van der Waals surface area contributed by atoms with E-state index in [0.29, 0.717) is 5.56 Å². The Labute approximate surface area is 238 Å². The fourth-order valence-electron chi connectivity index (χ4n) is 5.29. The number of ether oxygens (including phenoxy) is 6. The minimum Gasteiger partial charge on any atom is -0.394 e. The molecule has 232 valence electrons. The van der Waals surface area contributed by atoms with Crippen molar-refractivity contribution in [3.63, 3.8) is 0 Å². The fraction of sp³-hybridized carbons (Fsp3) is 0.692. The summed E-state index contributed by atoms with van der Waals surface area (Å²) in [4.78, 5) is 0. The van der Waals surface area contributed by atoms with Crippen LogP contribution >= 0.6 is 0 Å². The van der Waals surface area contributed by atoms with E-state index in [4.69, 9.17) is 32.6 Å². The first-order chi connectivity index (χ1) is 19.2. The van der Waals surface area contributed by atoms with Crippen LogP contribution in [0, 0.1) is 5.41 Å². The molecule has 1 unspecified atom stereocenters. The van der Waals surface area contributed by atoms with Crippen molar-refractivity contribution in [2.45, 2.75) is 88.0 Å². The van der Waals surface area contributed by atoms with Crippen molar-refractivity contribution < 1.29 is 66.0 Å². The Balaban J connectivity index is 1.60. The van der Waals surface area contributed by atoms with Gasteiger partial charge in [0.1, 0.15) is 42.7 Å². The summed E-state index contributed by atoms with van der Waals surface area (Å²) in [5.41, 5.74) is -0.297. The van der Waals surface area contributed by atoms with Gasteiger partial charge in [0, 0.05) is 11.0 Å². The third-order valence-corrected chi connectivity index (χ3v) is 7.75. The lowest BCUT2D eigenvalue weighted by molar-refractivity contribution is -0.418. The lowest BCUT2D eigenvalue weighted by Gasteiger charge is -2.55. The maximum absolute atomic E-state index is 11.7. The molecule has 4 rings (SSSR count). The van der Waals surface area contributed by atoms with Gasteiger partial charge in [0.05, 0.1) is 19.8 Å². The second-order valence-corrected chi connectivity index (χ2v) is 12.1. The summed E-state index contributed by atoms with van der Waals surface area (Å²) < 4.78 is 72.8. The molecule has 1 aromatic carbocycles. The summed E-state index contributed by atoms with van der Waals surface area (Å²) in [6.45, 7) is 7.80. The largest absolute Gasteiger partial charge is 0.397 e. The predicted molar refractivity (Wildman–Crippen MR) is 138 cm³/mol. The van der Waals surface area contributed by atoms with Crippen LogP contribution in [0.1, 0.15) is 32.6 Å². The van der Waals surface area contributed by atoms with Crippen molar-refractivity contribution in [2.75, 3.05) is 19.8 Å². The highest BCUT2D eigenvalue weighted by Gasteiger charge is 2.62. The number of hydrogen-bond donors (Lipinski definition) is 5. The zero-order valence-electron chi connectivity index (χ0n) is 22.9. The minimum atomic E-state index is -5.15. The van der Waals surface area contributed by atoms with Gasteiger partial charge < -0.3 is 48.8 Å². The first kappa shape index (κ1) is 32.3. The summed E-state index contributed by atoms with van der Waals surface area (Å²) in [7, 11) is -5.15. The fourth-order valence-corrected chi connectivity index (χ4v) is 5.77. The van der Waals surface area contributed by atoms with Crippen LogP contribution in [0.2, 0.25) is 0 Å². The Hall–Kier alpha value is -1.57. The molecule has 0 saturated carbocycles. The predicted octanol–water partition coefficient (Wildman–Crippen LogP) is -0.182. The molecule has 15 heteroatoms. The molecular formula is C26H38O14S. The van der Waals surface area contributed by atoms with Crippen LogP contribution in [-0.4, -0.2) is 114 Å². The molecule has 3 aliphatic rings. The zero-order valence-corrected chi connectivity index (χ0v) is 23.7. The number of fused-ring (bicyclic) bond motifs is 1. The normalized spacial score (nSPS) is 40.1. The average Bonchev–Trinajstić information content (AvgIpc) is 2.92. The van der Waals surface area contributed by atoms with Crippen molar-refractivity contribution in [2.24, 2.45) is 5.41 Å². The van der Waals surface area contributed by atoms with E-state index in [0.717, 1.165) is 0 Å². The molecule has 0 aliphatic carbocycles. The van der Waals surface area contributed by atoms with E-state index >= 15 is 0 Å². The maximum atomic E-state index is 11.7. The van der Waals surface area contributed by atoms with E-state index in [1.54, 1.807) is 51.1 Å². The maximum Gasteiger partial charge on any atom is 0.397 e. The van der Waals surface area contributed by atoms with Crippen LogP contribution < -0.4 is 0 Å². The van der Waals surface area contributed by atoms with Gasteiger partial charge in [-0.25, -0.2) is 4.18 Å². The Morgan fingerprint density at radius 1 is 1.10 bits per heavy atom. The van der Waals surface area contributed by atoms with Gasteiger partial charge in [0.2, 0.25) is 5.79 Å². The topological polar surface area (TPSA) is 200 Å². The summed E-state index contributed by atoms with van der Waals surface area (Å²) in [5.74, 6) is -1.81. The average molecular weight is 607 g/mol. The first-order valence-corrected chi connectivity index (χ1v) is 14.4. The molecule has 11 atom stereocenters. The van der Waals surface area contributed by atoms with Gasteiger partial charge in [-0.2, -0.15) is 8.42 Å². The molecule has 3 saturated heterocycles. The monoisotopic (exact) mass is 606 g/mol. The second kappa shape index (κ2) is 12.6. The molecule has 0 spiro atoms. The molecule has 0 aromatic heterocycles. The number of aliphatic hydroxyl groups is 4. The van der Waals surface area contributed by atoms with Crippen LogP contribution in [0.4, 0.5) is 0 Å². The van der Waals surface area contributed by atoms with E-state index in [1.165, 1.54) is 6.08 Å². The van der Waals surface area contributed by atoms with Crippen molar-refractivity contribution in [3.8, 4) is 0 Å². The van der Waals surface area contributed by atoms with E-state index in [9.17, 15) is 33.4 Å². The van der Waals surface area contributed by atoms with Gasteiger partial charge in [0.15, 0.2) is 18.7 Å². The zero-order chi connectivity index (χ0) is 30.2. The molecule has 1 aromatic rings. The van der Waals surface area contributed by atoms with Gasteiger partial charge >= 0.3 is 10.4 Å². The Morgan fingerprint density at radius 3 is 2.37 bits per heavy atom. The summed E-state index contributed by atoms with van der Waals surface area (Å²) in [5, 5.41) is 43.7. The molecule has 14 nitrogen and oxygen atoms in total. The van der Waals surface area contributed by atoms with Crippen LogP contribution in [0.3, 0.4) is 0 Å². The third-order valence-electron chi connectivity index (χ3n) is 7.29. The third kappa shape index (κ3) is 6.67. The van der Waals surface area contributed by atoms with Crippen LogP contribution in [0.25, 0.3) is 0 Å². The molecule has 3 heterocycles. The van der Waals surface area contributed by atoms with Crippen LogP contribution in [-0.2, 0) is 43.0 Å². The Morgan fingerprint density at radius 2 is 1.78 bits per heavy atom. The molecule has 0 bridgehead atoms. The van der Waals surface area contributed by atoms with Gasteiger partial charge in [-0.05, 0) is 0 Å². The highest BCUT2D eigenvalue weighted by Crippen LogP contribution is 2.45. The van der Waals surface area contributed by atoms with Gasteiger partial charge in [-0.15, -0.1) is 6.58 Å². The number of benzene rings is 1. The van der Waals surface area contributed by atoms with Crippen LogP contribution in [0.15, 0.2) is 43.0 Å². The summed E-state index contributed by atoms with van der Waals surface area (Å²) >= 11 is 0. The SMILES string of the molecule is C=CCO[C@]1(C(C)(C)C)O[C@H](CO)[C@@H](O[C@H]2O[C@@H]3COC(c4ccccc4)O[C@H]3[C@H](O)[C@H]2OS(=O)(=O)O)[C@H](O)[C@H]1O. The van der Waals surface area contributed by atoms with E-state index < -0.39 is 89.6 Å². The number of hydrogen-bond acceptors (Lipinski definition) is 13. The van der Waals surface area contributed by atoms with Gasteiger partial charge in [0.25, 0.3) is 0 Å². The molecule has 5 N–H and O–H groups in total. The highest BCUT2D eigenvalue weighted by molar-refractivity contribution is 7.80. The number of rotatable bonds is 9. The minimum absolute atomic E-state index is 0.0556. The van der Waals surface area contributed by atoms with Crippen molar-refractivity contribution >= 4 is 10.4 Å². The number of aliphatic hydroxyl groups excluding tert-OH is 4. The molecular weight excluding hydrogens is 568 g/mol. The van der Waals surface area contributed by atoms with Crippen molar-refractivity contribution in [3.05, 3.63) is 48.6 Å². The molecule has 41 heavy (non-hydrogen) atoms. The molecule has 0 amide bonds. The van der Waals surface area contributed by atoms with E-state index in [2.05, 4.69) is 6.58 Å². The Bertz CT molecular complexity index is 1120. The quantitative estimate of drug-likeness (QED) is 0.183. The van der Waals surface area contributed by atoms with Gasteiger partial charge in [-0.3, -0.25) is 4.55 Å². The standard InChI is InChI=1S/C26H38O14S/c1-5-11-35-26(25(2,3)4)22(30)18(29)19(15(12-27)39-26)38-24-21(40-41(31,32)33)17(28)20-16(36-24)13-34-23(37-20)14-9-7-6-8-10-14/h5-10,15-24,27-30H,1,11-13H2,2-4H3,(H,31,32,33)/t15-,16-,17+,18+,19-,20-,21-,22-,23?,24-,26+/m1/s1. The summed E-state index contributed by atoms with van der Waals surface area (Å²) in [6, 6.07) is 8.79. The molecule has 0 radical (unpaired) electrons.